The van der Waals surface area contributed by atoms with Crippen LogP contribution in [0, 0.1) is 0 Å². The minimum Gasteiger partial charge on any atom is -0.309 e. The molecule has 0 spiro atoms. The zero-order valence-corrected chi connectivity index (χ0v) is 13.6. The van der Waals surface area contributed by atoms with Crippen molar-refractivity contribution in [2.45, 2.75) is 50.6 Å². The highest BCUT2D eigenvalue weighted by Crippen LogP contribution is 2.31. The third kappa shape index (κ3) is 4.22. The normalized spacial score (nSPS) is 23.7. The van der Waals surface area contributed by atoms with E-state index in [2.05, 4.69) is 48.0 Å². The fourth-order valence-electron chi connectivity index (χ4n) is 2.60. The van der Waals surface area contributed by atoms with Gasteiger partial charge in [-0.05, 0) is 38.8 Å². The van der Waals surface area contributed by atoms with E-state index in [0.29, 0.717) is 4.75 Å². The average Bonchev–Trinajstić information content (AvgIpc) is 3.06. The molecule has 2 aliphatic rings. The Morgan fingerprint density at radius 1 is 1.32 bits per heavy atom. The van der Waals surface area contributed by atoms with Crippen LogP contribution >= 0.6 is 23.1 Å². The fraction of sp³-hybridized carbons (Fsp3) is 0.733. The van der Waals surface area contributed by atoms with E-state index in [-0.39, 0.29) is 0 Å². The fourth-order valence-corrected chi connectivity index (χ4v) is 4.79. The second-order valence-electron chi connectivity index (χ2n) is 6.34. The van der Waals surface area contributed by atoms with Crippen LogP contribution in [0.15, 0.2) is 12.1 Å². The molecule has 2 nitrogen and oxygen atoms in total. The molecule has 1 aromatic heterocycles. The first-order valence-corrected chi connectivity index (χ1v) is 9.08. The van der Waals surface area contributed by atoms with Gasteiger partial charge in [0.15, 0.2) is 0 Å². The van der Waals surface area contributed by atoms with Crippen LogP contribution in [0.5, 0.6) is 0 Å². The number of hydrogen-bond acceptors (Lipinski definition) is 4. The molecule has 1 aliphatic carbocycles. The molecule has 1 saturated carbocycles. The summed E-state index contributed by atoms with van der Waals surface area (Å²) in [5, 5.41) is 3.60. The zero-order valence-electron chi connectivity index (χ0n) is 11.9. The van der Waals surface area contributed by atoms with Crippen molar-refractivity contribution in [2.75, 3.05) is 18.8 Å². The Hall–Kier alpha value is -0.0300. The Balaban J connectivity index is 1.51. The Bertz CT molecular complexity index is 424. The lowest BCUT2D eigenvalue weighted by atomic mass is 10.2. The lowest BCUT2D eigenvalue weighted by Crippen LogP contribution is -2.42. The van der Waals surface area contributed by atoms with Crippen LogP contribution in [-0.4, -0.2) is 34.5 Å². The summed E-state index contributed by atoms with van der Waals surface area (Å²) < 4.78 is 0.422. The molecule has 3 rings (SSSR count). The summed E-state index contributed by atoms with van der Waals surface area (Å²) in [6, 6.07) is 5.44. The lowest BCUT2D eigenvalue weighted by molar-refractivity contribution is 0.254. The van der Waals surface area contributed by atoms with E-state index in [0.717, 1.165) is 19.1 Å². The Morgan fingerprint density at radius 3 is 2.84 bits per heavy atom. The first-order valence-electron chi connectivity index (χ1n) is 7.28. The minimum atomic E-state index is 0.422. The molecular formula is C15H24N2S2. The Morgan fingerprint density at radius 2 is 2.11 bits per heavy atom. The van der Waals surface area contributed by atoms with Gasteiger partial charge in [0.05, 0.1) is 0 Å². The Labute approximate surface area is 125 Å². The molecule has 1 N–H and O–H groups in total. The third-order valence-electron chi connectivity index (χ3n) is 3.74. The van der Waals surface area contributed by atoms with Gasteiger partial charge in [-0.25, -0.2) is 0 Å². The maximum absolute atomic E-state index is 3.60. The molecule has 2 heterocycles. The summed E-state index contributed by atoms with van der Waals surface area (Å²) >= 11 is 4.10. The highest BCUT2D eigenvalue weighted by Gasteiger charge is 2.27. The van der Waals surface area contributed by atoms with Gasteiger partial charge in [-0.15, -0.1) is 11.3 Å². The molecule has 1 aliphatic heterocycles. The standard InChI is InChI=1S/C15H24N2S2/c1-15(2)11-17(7-8-18-15)10-14-6-5-13(19-14)9-16-12-3-4-12/h5-6,12,16H,3-4,7-11H2,1-2H3. The van der Waals surface area contributed by atoms with Gasteiger partial charge >= 0.3 is 0 Å². The van der Waals surface area contributed by atoms with E-state index < -0.39 is 0 Å². The third-order valence-corrected chi connectivity index (χ3v) is 6.11. The number of hydrogen-bond donors (Lipinski definition) is 1. The first kappa shape index (κ1) is 13.9. The molecule has 1 saturated heterocycles. The van der Waals surface area contributed by atoms with Crippen molar-refractivity contribution in [1.29, 1.82) is 0 Å². The van der Waals surface area contributed by atoms with Crippen molar-refractivity contribution in [3.63, 3.8) is 0 Å². The van der Waals surface area contributed by atoms with Crippen molar-refractivity contribution < 1.29 is 0 Å². The summed E-state index contributed by atoms with van der Waals surface area (Å²) in [5.74, 6) is 1.27. The van der Waals surface area contributed by atoms with Crippen molar-refractivity contribution in [2.24, 2.45) is 0 Å². The molecule has 1 aromatic rings. The second-order valence-corrected chi connectivity index (χ2v) is 9.40. The van der Waals surface area contributed by atoms with Crippen LogP contribution in [0.4, 0.5) is 0 Å². The van der Waals surface area contributed by atoms with Crippen molar-refractivity contribution >= 4 is 23.1 Å². The topological polar surface area (TPSA) is 15.3 Å². The van der Waals surface area contributed by atoms with E-state index in [9.17, 15) is 0 Å². The molecule has 0 radical (unpaired) electrons. The monoisotopic (exact) mass is 296 g/mol. The summed E-state index contributed by atoms with van der Waals surface area (Å²) in [7, 11) is 0. The van der Waals surface area contributed by atoms with Gasteiger partial charge in [0.25, 0.3) is 0 Å². The lowest BCUT2D eigenvalue weighted by Gasteiger charge is -2.37. The summed E-state index contributed by atoms with van der Waals surface area (Å²) in [4.78, 5) is 5.63. The molecule has 106 valence electrons. The number of nitrogens with zero attached hydrogens (tertiary/aromatic N) is 1. The first-order chi connectivity index (χ1) is 9.11. The van der Waals surface area contributed by atoms with E-state index in [1.165, 1.54) is 41.4 Å². The van der Waals surface area contributed by atoms with Crippen LogP contribution in [0.25, 0.3) is 0 Å². The van der Waals surface area contributed by atoms with E-state index in [1.807, 2.05) is 11.3 Å². The van der Waals surface area contributed by atoms with E-state index in [1.54, 1.807) is 0 Å². The number of rotatable bonds is 5. The number of thiophene rings is 1. The van der Waals surface area contributed by atoms with Crippen LogP contribution in [0.2, 0.25) is 0 Å². The van der Waals surface area contributed by atoms with Gasteiger partial charge in [0, 0.05) is 52.5 Å². The van der Waals surface area contributed by atoms with Gasteiger partial charge in [0.1, 0.15) is 0 Å². The zero-order chi connectivity index (χ0) is 13.3. The van der Waals surface area contributed by atoms with Crippen LogP contribution in [0.3, 0.4) is 0 Å². The molecule has 0 unspecified atom stereocenters. The van der Waals surface area contributed by atoms with E-state index in [4.69, 9.17) is 0 Å². The second kappa shape index (κ2) is 5.76. The average molecular weight is 297 g/mol. The molecular weight excluding hydrogens is 272 g/mol. The highest BCUT2D eigenvalue weighted by molar-refractivity contribution is 8.00. The highest BCUT2D eigenvalue weighted by atomic mass is 32.2. The quantitative estimate of drug-likeness (QED) is 0.897. The number of nitrogens with one attached hydrogen (secondary N) is 1. The molecule has 2 fully saturated rings. The predicted molar refractivity (Wildman–Crippen MR) is 86.0 cm³/mol. The molecule has 0 atom stereocenters. The minimum absolute atomic E-state index is 0.422. The molecule has 0 bridgehead atoms. The van der Waals surface area contributed by atoms with Gasteiger partial charge in [-0.1, -0.05) is 0 Å². The van der Waals surface area contributed by atoms with Crippen molar-refractivity contribution in [3.05, 3.63) is 21.9 Å². The molecule has 0 aromatic carbocycles. The SMILES string of the molecule is CC1(C)CN(Cc2ccc(CNC3CC3)s2)CCS1. The smallest absolute Gasteiger partial charge is 0.0328 e. The van der Waals surface area contributed by atoms with Gasteiger partial charge in [-0.2, -0.15) is 11.8 Å². The van der Waals surface area contributed by atoms with Gasteiger partial charge in [0.2, 0.25) is 0 Å². The molecule has 4 heteroatoms. The van der Waals surface area contributed by atoms with Crippen molar-refractivity contribution in [1.82, 2.24) is 10.2 Å². The summed E-state index contributed by atoms with van der Waals surface area (Å²) in [6.07, 6.45) is 2.75. The summed E-state index contributed by atoms with van der Waals surface area (Å²) in [5.41, 5.74) is 0. The molecule has 0 amide bonds. The van der Waals surface area contributed by atoms with Gasteiger partial charge < -0.3 is 5.32 Å². The van der Waals surface area contributed by atoms with Crippen LogP contribution in [0.1, 0.15) is 36.4 Å². The maximum Gasteiger partial charge on any atom is 0.0328 e. The van der Waals surface area contributed by atoms with Crippen molar-refractivity contribution in [3.8, 4) is 0 Å². The van der Waals surface area contributed by atoms with E-state index >= 15 is 0 Å². The number of thioether (sulfide) groups is 1. The van der Waals surface area contributed by atoms with Crippen LogP contribution in [-0.2, 0) is 13.1 Å². The maximum atomic E-state index is 3.60. The summed E-state index contributed by atoms with van der Waals surface area (Å²) in [6.45, 7) is 9.38. The van der Waals surface area contributed by atoms with Gasteiger partial charge in [-0.3, -0.25) is 4.90 Å². The largest absolute Gasteiger partial charge is 0.309 e. The Kier molecular flexibility index (Phi) is 4.22. The van der Waals surface area contributed by atoms with Crippen LogP contribution < -0.4 is 5.32 Å². The predicted octanol–water partition coefficient (Wildman–Crippen LogP) is 3.33. The molecule has 19 heavy (non-hydrogen) atoms.